The van der Waals surface area contributed by atoms with Crippen LogP contribution >= 0.6 is 0 Å². The third-order valence-corrected chi connectivity index (χ3v) is 3.33. The fourth-order valence-electron chi connectivity index (χ4n) is 2.49. The molecule has 0 bridgehead atoms. The summed E-state index contributed by atoms with van der Waals surface area (Å²) in [4.78, 5) is 22.9. The molecule has 1 heterocycles. The smallest absolute Gasteiger partial charge is 0.280 e. The lowest BCUT2D eigenvalue weighted by Crippen LogP contribution is -2.64. The minimum atomic E-state index is -1.01. The van der Waals surface area contributed by atoms with Crippen molar-refractivity contribution in [2.75, 3.05) is 21.1 Å². The van der Waals surface area contributed by atoms with E-state index in [4.69, 9.17) is 0 Å². The van der Waals surface area contributed by atoms with Gasteiger partial charge in [-0.3, -0.25) is 25.5 Å². The first kappa shape index (κ1) is 13.4. The van der Waals surface area contributed by atoms with Crippen LogP contribution in [0.1, 0.15) is 15.9 Å². The topological polar surface area (TPSA) is 99.5 Å². The lowest BCUT2D eigenvalue weighted by molar-refractivity contribution is -0.385. The Morgan fingerprint density at radius 3 is 2.37 bits per heavy atom. The van der Waals surface area contributed by atoms with Gasteiger partial charge < -0.3 is 0 Å². The van der Waals surface area contributed by atoms with Crippen molar-refractivity contribution in [3.63, 3.8) is 0 Å². The highest BCUT2D eigenvalue weighted by atomic mass is 16.6. The van der Waals surface area contributed by atoms with Crippen molar-refractivity contribution >= 4 is 11.6 Å². The molecule has 0 aliphatic carbocycles. The van der Waals surface area contributed by atoms with Crippen molar-refractivity contribution in [3.05, 3.63) is 39.4 Å². The van der Waals surface area contributed by atoms with Gasteiger partial charge in [0.1, 0.15) is 5.56 Å². The highest BCUT2D eigenvalue weighted by Gasteiger charge is 2.51. The number of nitro groups is 1. The molecular weight excluding hydrogens is 250 g/mol. The van der Waals surface area contributed by atoms with E-state index in [-0.39, 0.29) is 11.3 Å². The van der Waals surface area contributed by atoms with E-state index in [1.165, 1.54) is 11.1 Å². The minimum Gasteiger partial charge on any atom is -0.280 e. The van der Waals surface area contributed by atoms with Crippen molar-refractivity contribution in [2.45, 2.75) is 5.79 Å². The van der Waals surface area contributed by atoms with Crippen LogP contribution in [-0.4, -0.2) is 37.0 Å². The maximum atomic E-state index is 12.4. The van der Waals surface area contributed by atoms with E-state index in [0.29, 0.717) is 5.56 Å². The molecule has 0 unspecified atom stereocenters. The average Bonchev–Trinajstić information content (AvgIpc) is 2.67. The summed E-state index contributed by atoms with van der Waals surface area (Å²) < 4.78 is 0. The molecule has 1 amide bonds. The summed E-state index contributed by atoms with van der Waals surface area (Å²) in [6.07, 6.45) is 0. The Kier molecular flexibility index (Phi) is 3.23. The quantitative estimate of drug-likeness (QED) is 0.394. The summed E-state index contributed by atoms with van der Waals surface area (Å²) in [6.45, 7) is 0. The fraction of sp³-hybridized carbons (Fsp3) is 0.364. The number of benzene rings is 1. The Labute approximate surface area is 109 Å². The van der Waals surface area contributed by atoms with E-state index >= 15 is 0 Å². The SMILES string of the molecule is CNN1C(=O)c2c([N+](=O)[O-])cccc2C1(NC)NC. The monoisotopic (exact) mass is 265 g/mol. The van der Waals surface area contributed by atoms with Crippen LogP contribution < -0.4 is 16.1 Å². The molecule has 0 saturated heterocycles. The first-order valence-electron chi connectivity index (χ1n) is 5.71. The van der Waals surface area contributed by atoms with E-state index in [0.717, 1.165) is 0 Å². The molecule has 19 heavy (non-hydrogen) atoms. The lowest BCUT2D eigenvalue weighted by atomic mass is 10.0. The standard InChI is InChI=1S/C11H15N5O3/c1-12-11(13-2)7-5-4-6-8(16(18)19)9(7)10(17)15(11)14-3/h4-6,12-14H,1-3H3. The highest BCUT2D eigenvalue weighted by molar-refractivity contribution is 6.03. The minimum absolute atomic E-state index is 0.0885. The number of nitro benzene ring substituents is 1. The number of fused-ring (bicyclic) bond motifs is 1. The van der Waals surface area contributed by atoms with Gasteiger partial charge in [0, 0.05) is 18.7 Å². The maximum Gasteiger partial charge on any atom is 0.282 e. The van der Waals surface area contributed by atoms with Crippen LogP contribution in [0.5, 0.6) is 0 Å². The number of hydrogen-bond donors (Lipinski definition) is 3. The van der Waals surface area contributed by atoms with Gasteiger partial charge in [-0.15, -0.1) is 0 Å². The molecule has 102 valence electrons. The molecule has 2 rings (SSSR count). The third-order valence-electron chi connectivity index (χ3n) is 3.33. The zero-order chi connectivity index (χ0) is 14.2. The van der Waals surface area contributed by atoms with Gasteiger partial charge in [-0.05, 0) is 14.1 Å². The zero-order valence-corrected chi connectivity index (χ0v) is 10.9. The molecule has 0 atom stereocenters. The van der Waals surface area contributed by atoms with E-state index < -0.39 is 16.6 Å². The Morgan fingerprint density at radius 1 is 1.26 bits per heavy atom. The molecule has 8 nitrogen and oxygen atoms in total. The van der Waals surface area contributed by atoms with Crippen LogP contribution in [-0.2, 0) is 5.79 Å². The van der Waals surface area contributed by atoms with Crippen molar-refractivity contribution < 1.29 is 9.72 Å². The van der Waals surface area contributed by atoms with Gasteiger partial charge in [-0.2, -0.15) is 0 Å². The predicted octanol–water partition coefficient (Wildman–Crippen LogP) is -0.266. The lowest BCUT2D eigenvalue weighted by Gasteiger charge is -2.37. The molecule has 0 aromatic heterocycles. The second kappa shape index (κ2) is 4.57. The number of carbonyl (C=O) groups excluding carboxylic acids is 1. The molecule has 0 fully saturated rings. The van der Waals surface area contributed by atoms with E-state index in [1.54, 1.807) is 33.3 Å². The molecule has 1 aromatic rings. The number of carbonyl (C=O) groups is 1. The Bertz CT molecular complexity index is 541. The third kappa shape index (κ3) is 1.61. The second-order valence-electron chi connectivity index (χ2n) is 4.03. The second-order valence-corrected chi connectivity index (χ2v) is 4.03. The number of nitrogens with zero attached hydrogens (tertiary/aromatic N) is 2. The summed E-state index contributed by atoms with van der Waals surface area (Å²) in [7, 11) is 4.92. The summed E-state index contributed by atoms with van der Waals surface area (Å²) in [5.74, 6) is -1.46. The summed E-state index contributed by atoms with van der Waals surface area (Å²) in [5.41, 5.74) is 3.16. The fourth-order valence-corrected chi connectivity index (χ4v) is 2.49. The molecule has 1 aliphatic heterocycles. The van der Waals surface area contributed by atoms with Gasteiger partial charge in [0.15, 0.2) is 5.79 Å². The number of amides is 1. The molecule has 0 spiro atoms. The van der Waals surface area contributed by atoms with Crippen molar-refractivity contribution in [3.8, 4) is 0 Å². The largest absolute Gasteiger partial charge is 0.282 e. The van der Waals surface area contributed by atoms with Crippen LogP contribution in [0.2, 0.25) is 0 Å². The Morgan fingerprint density at radius 2 is 1.89 bits per heavy atom. The maximum absolute atomic E-state index is 12.4. The van der Waals surface area contributed by atoms with Crippen molar-refractivity contribution in [2.24, 2.45) is 0 Å². The van der Waals surface area contributed by atoms with Crippen LogP contribution in [0.15, 0.2) is 18.2 Å². The molecule has 3 N–H and O–H groups in total. The number of hydrazine groups is 1. The summed E-state index contributed by atoms with van der Waals surface area (Å²) in [5, 5.41) is 18.3. The zero-order valence-electron chi connectivity index (χ0n) is 10.9. The van der Waals surface area contributed by atoms with E-state index in [9.17, 15) is 14.9 Å². The van der Waals surface area contributed by atoms with Gasteiger partial charge >= 0.3 is 0 Å². The average molecular weight is 265 g/mol. The van der Waals surface area contributed by atoms with E-state index in [2.05, 4.69) is 16.1 Å². The molecular formula is C11H15N5O3. The van der Waals surface area contributed by atoms with Gasteiger partial charge in [0.05, 0.1) is 4.92 Å². The van der Waals surface area contributed by atoms with Gasteiger partial charge in [-0.25, -0.2) is 10.4 Å². The first-order chi connectivity index (χ1) is 9.03. The molecule has 0 radical (unpaired) electrons. The molecule has 1 aliphatic rings. The van der Waals surface area contributed by atoms with Crippen LogP contribution in [0, 0.1) is 10.1 Å². The van der Waals surface area contributed by atoms with Gasteiger partial charge in [0.25, 0.3) is 11.6 Å². The van der Waals surface area contributed by atoms with Gasteiger partial charge in [0.2, 0.25) is 0 Å². The Balaban J connectivity index is 2.75. The van der Waals surface area contributed by atoms with Crippen LogP contribution in [0.3, 0.4) is 0 Å². The molecule has 8 heteroatoms. The Hall–Kier alpha value is -2.03. The van der Waals surface area contributed by atoms with Crippen molar-refractivity contribution in [1.82, 2.24) is 21.1 Å². The highest BCUT2D eigenvalue weighted by Crippen LogP contribution is 2.38. The number of hydrogen-bond acceptors (Lipinski definition) is 6. The van der Waals surface area contributed by atoms with Crippen LogP contribution in [0.4, 0.5) is 5.69 Å². The van der Waals surface area contributed by atoms with Crippen LogP contribution in [0.25, 0.3) is 0 Å². The summed E-state index contributed by atoms with van der Waals surface area (Å²) in [6, 6.07) is 4.57. The van der Waals surface area contributed by atoms with E-state index in [1.807, 2.05) is 0 Å². The van der Waals surface area contributed by atoms with Gasteiger partial charge in [-0.1, -0.05) is 12.1 Å². The normalized spacial score (nSPS) is 16.6. The predicted molar refractivity (Wildman–Crippen MR) is 68.1 cm³/mol. The van der Waals surface area contributed by atoms with Crippen molar-refractivity contribution in [1.29, 1.82) is 0 Å². The molecule has 1 aromatic carbocycles. The molecule has 0 saturated carbocycles. The summed E-state index contributed by atoms with van der Waals surface area (Å²) >= 11 is 0. The number of rotatable bonds is 4. The number of nitrogens with one attached hydrogen (secondary N) is 3. The first-order valence-corrected chi connectivity index (χ1v) is 5.71.